The third kappa shape index (κ3) is 5.10. The van der Waals surface area contributed by atoms with Gasteiger partial charge in [0.1, 0.15) is 0 Å². The first kappa shape index (κ1) is 15.1. The Morgan fingerprint density at radius 3 is 2.56 bits per heavy atom. The maximum Gasteiger partial charge on any atom is 0.236 e. The third-order valence-corrected chi connectivity index (χ3v) is 3.62. The zero-order valence-corrected chi connectivity index (χ0v) is 12.2. The normalized spacial score (nSPS) is 10.4. The van der Waals surface area contributed by atoms with E-state index in [0.717, 1.165) is 18.7 Å². The molecule has 3 nitrogen and oxygen atoms in total. The Bertz CT molecular complexity index is 365. The summed E-state index contributed by atoms with van der Waals surface area (Å²) in [4.78, 5) is 14.6. The minimum Gasteiger partial charge on any atom is -0.344 e. The van der Waals surface area contributed by atoms with E-state index in [4.69, 9.17) is 0 Å². The van der Waals surface area contributed by atoms with Gasteiger partial charge in [0, 0.05) is 18.5 Å². The minimum absolute atomic E-state index is 0.135. The number of likely N-dealkylation sites (N-methyl/N-ethyl adjacent to an activating group) is 2. The van der Waals surface area contributed by atoms with E-state index in [1.54, 1.807) is 11.9 Å². The second kappa shape index (κ2) is 8.16. The SMILES string of the molecule is CCSc1ccc(CCN(C)C(=O)CNC)cc1. The molecule has 0 saturated carbocycles. The average molecular weight is 266 g/mol. The summed E-state index contributed by atoms with van der Waals surface area (Å²) in [5, 5.41) is 2.87. The van der Waals surface area contributed by atoms with Gasteiger partial charge in [0.15, 0.2) is 0 Å². The zero-order valence-electron chi connectivity index (χ0n) is 11.4. The fraction of sp³-hybridized carbons (Fsp3) is 0.500. The van der Waals surface area contributed by atoms with Gasteiger partial charge in [0.2, 0.25) is 5.91 Å². The molecular weight excluding hydrogens is 244 g/mol. The lowest BCUT2D eigenvalue weighted by atomic mass is 10.1. The molecule has 1 rings (SSSR count). The lowest BCUT2D eigenvalue weighted by Crippen LogP contribution is -2.35. The van der Waals surface area contributed by atoms with Crippen molar-refractivity contribution in [2.75, 3.05) is 32.9 Å². The molecule has 0 aromatic heterocycles. The van der Waals surface area contributed by atoms with Crippen LogP contribution in [-0.4, -0.2) is 43.7 Å². The summed E-state index contributed by atoms with van der Waals surface area (Å²) < 4.78 is 0. The van der Waals surface area contributed by atoms with Crippen molar-refractivity contribution in [3.8, 4) is 0 Å². The third-order valence-electron chi connectivity index (χ3n) is 2.72. The molecule has 1 N–H and O–H groups in total. The van der Waals surface area contributed by atoms with E-state index in [-0.39, 0.29) is 5.91 Å². The first-order valence-electron chi connectivity index (χ1n) is 6.27. The van der Waals surface area contributed by atoms with Gasteiger partial charge in [-0.05, 0) is 36.9 Å². The van der Waals surface area contributed by atoms with E-state index in [1.165, 1.54) is 10.5 Å². The number of amides is 1. The second-order valence-corrected chi connectivity index (χ2v) is 5.51. The molecule has 0 heterocycles. The Kier molecular flexibility index (Phi) is 6.83. The second-order valence-electron chi connectivity index (χ2n) is 4.17. The van der Waals surface area contributed by atoms with Crippen LogP contribution < -0.4 is 5.32 Å². The summed E-state index contributed by atoms with van der Waals surface area (Å²) >= 11 is 1.85. The van der Waals surface area contributed by atoms with Gasteiger partial charge in [0.05, 0.1) is 6.54 Å². The molecule has 0 atom stereocenters. The summed E-state index contributed by atoms with van der Waals surface area (Å²) in [7, 11) is 3.64. The maximum atomic E-state index is 11.6. The monoisotopic (exact) mass is 266 g/mol. The summed E-state index contributed by atoms with van der Waals surface area (Å²) in [6.07, 6.45) is 0.906. The number of carbonyl (C=O) groups is 1. The molecule has 0 saturated heterocycles. The van der Waals surface area contributed by atoms with E-state index in [2.05, 4.69) is 36.5 Å². The lowest BCUT2D eigenvalue weighted by molar-refractivity contribution is -0.128. The smallest absolute Gasteiger partial charge is 0.236 e. The van der Waals surface area contributed by atoms with Crippen LogP contribution in [0.4, 0.5) is 0 Å². The predicted molar refractivity (Wildman–Crippen MR) is 78.1 cm³/mol. The van der Waals surface area contributed by atoms with Crippen molar-refractivity contribution >= 4 is 17.7 Å². The highest BCUT2D eigenvalue weighted by molar-refractivity contribution is 7.99. The predicted octanol–water partition coefficient (Wildman–Crippen LogP) is 2.02. The highest BCUT2D eigenvalue weighted by Gasteiger charge is 2.06. The van der Waals surface area contributed by atoms with Gasteiger partial charge < -0.3 is 10.2 Å². The lowest BCUT2D eigenvalue weighted by Gasteiger charge is -2.16. The topological polar surface area (TPSA) is 32.3 Å². The standard InChI is InChI=1S/C14H22N2OS/c1-4-18-13-7-5-12(6-8-13)9-10-16(3)14(17)11-15-2/h5-8,15H,4,9-11H2,1-3H3. The summed E-state index contributed by atoms with van der Waals surface area (Å²) in [6.45, 7) is 3.32. The molecular formula is C14H22N2OS. The van der Waals surface area contributed by atoms with Crippen molar-refractivity contribution < 1.29 is 4.79 Å². The highest BCUT2D eigenvalue weighted by atomic mass is 32.2. The molecule has 0 unspecified atom stereocenters. The number of rotatable bonds is 7. The Balaban J connectivity index is 2.41. The quantitative estimate of drug-likeness (QED) is 0.766. The summed E-state index contributed by atoms with van der Waals surface area (Å²) in [6, 6.07) is 8.60. The number of nitrogens with one attached hydrogen (secondary N) is 1. The van der Waals surface area contributed by atoms with Gasteiger partial charge in [-0.2, -0.15) is 0 Å². The van der Waals surface area contributed by atoms with E-state index in [0.29, 0.717) is 6.54 Å². The van der Waals surface area contributed by atoms with Gasteiger partial charge in [0.25, 0.3) is 0 Å². The van der Waals surface area contributed by atoms with Crippen LogP contribution in [0.3, 0.4) is 0 Å². The van der Waals surface area contributed by atoms with Crippen molar-refractivity contribution in [3.63, 3.8) is 0 Å². The van der Waals surface area contributed by atoms with E-state index >= 15 is 0 Å². The molecule has 0 aliphatic carbocycles. The van der Waals surface area contributed by atoms with Crippen molar-refractivity contribution in [2.45, 2.75) is 18.2 Å². The van der Waals surface area contributed by atoms with Gasteiger partial charge in [-0.3, -0.25) is 4.79 Å². The van der Waals surface area contributed by atoms with Crippen molar-refractivity contribution in [2.24, 2.45) is 0 Å². The molecule has 0 radical (unpaired) electrons. The molecule has 0 fully saturated rings. The van der Waals surface area contributed by atoms with Crippen LogP contribution in [0.2, 0.25) is 0 Å². The summed E-state index contributed by atoms with van der Waals surface area (Å²) in [5.74, 6) is 1.23. The molecule has 18 heavy (non-hydrogen) atoms. The van der Waals surface area contributed by atoms with Crippen LogP contribution in [0.15, 0.2) is 29.2 Å². The van der Waals surface area contributed by atoms with Crippen LogP contribution in [0.25, 0.3) is 0 Å². The fourth-order valence-corrected chi connectivity index (χ4v) is 2.29. The maximum absolute atomic E-state index is 11.6. The highest BCUT2D eigenvalue weighted by Crippen LogP contribution is 2.17. The van der Waals surface area contributed by atoms with Gasteiger partial charge in [-0.1, -0.05) is 19.1 Å². The molecule has 0 aliphatic rings. The van der Waals surface area contributed by atoms with Crippen LogP contribution >= 0.6 is 11.8 Å². The largest absolute Gasteiger partial charge is 0.344 e. The Labute approximate surface area is 114 Å². The Morgan fingerprint density at radius 2 is 2.00 bits per heavy atom. The minimum atomic E-state index is 0.135. The van der Waals surface area contributed by atoms with Gasteiger partial charge >= 0.3 is 0 Å². The Hall–Kier alpha value is -1.00. The van der Waals surface area contributed by atoms with Crippen LogP contribution in [-0.2, 0) is 11.2 Å². The van der Waals surface area contributed by atoms with Crippen LogP contribution in [0, 0.1) is 0 Å². The molecule has 0 bridgehead atoms. The number of thioether (sulfide) groups is 1. The van der Waals surface area contributed by atoms with Crippen molar-refractivity contribution in [3.05, 3.63) is 29.8 Å². The molecule has 0 spiro atoms. The molecule has 1 aromatic rings. The number of benzene rings is 1. The molecule has 1 amide bonds. The molecule has 1 aromatic carbocycles. The van der Waals surface area contributed by atoms with Gasteiger partial charge in [-0.25, -0.2) is 0 Å². The first-order valence-corrected chi connectivity index (χ1v) is 7.26. The van der Waals surface area contributed by atoms with E-state index in [9.17, 15) is 4.79 Å². The number of carbonyl (C=O) groups excluding carboxylic acids is 1. The van der Waals surface area contributed by atoms with Crippen LogP contribution in [0.1, 0.15) is 12.5 Å². The van der Waals surface area contributed by atoms with Gasteiger partial charge in [-0.15, -0.1) is 11.8 Å². The number of hydrogen-bond acceptors (Lipinski definition) is 3. The van der Waals surface area contributed by atoms with E-state index < -0.39 is 0 Å². The number of hydrogen-bond donors (Lipinski definition) is 1. The summed E-state index contributed by atoms with van der Waals surface area (Å²) in [5.41, 5.74) is 1.28. The zero-order chi connectivity index (χ0) is 13.4. The average Bonchev–Trinajstić information content (AvgIpc) is 2.38. The fourth-order valence-electron chi connectivity index (χ4n) is 1.63. The van der Waals surface area contributed by atoms with Crippen LogP contribution in [0.5, 0.6) is 0 Å². The first-order chi connectivity index (χ1) is 8.67. The molecule has 100 valence electrons. The van der Waals surface area contributed by atoms with E-state index in [1.807, 2.05) is 18.8 Å². The molecule has 0 aliphatic heterocycles. The molecule has 4 heteroatoms. The number of nitrogens with zero attached hydrogens (tertiary/aromatic N) is 1. The Morgan fingerprint density at radius 1 is 1.33 bits per heavy atom. The van der Waals surface area contributed by atoms with Crippen molar-refractivity contribution in [1.29, 1.82) is 0 Å². The van der Waals surface area contributed by atoms with Crippen molar-refractivity contribution in [1.82, 2.24) is 10.2 Å².